The van der Waals surface area contributed by atoms with E-state index >= 15 is 0 Å². The normalized spacial score (nSPS) is 14.7. The summed E-state index contributed by atoms with van der Waals surface area (Å²) in [5, 5.41) is 9.81. The number of carbonyl (C=O) groups is 1. The molecule has 1 saturated heterocycles. The van der Waals surface area contributed by atoms with Crippen molar-refractivity contribution in [3.05, 3.63) is 71.6 Å². The quantitative estimate of drug-likeness (QED) is 0.383. The summed E-state index contributed by atoms with van der Waals surface area (Å²) < 4.78 is 52.7. The minimum absolute atomic E-state index is 0.0504. The molecule has 0 unspecified atom stereocenters. The maximum Gasteiger partial charge on any atom is 0.276 e. The van der Waals surface area contributed by atoms with Crippen LogP contribution in [-0.4, -0.2) is 53.8 Å². The summed E-state index contributed by atoms with van der Waals surface area (Å²) >= 11 is 0. The van der Waals surface area contributed by atoms with Crippen LogP contribution in [0.15, 0.2) is 53.7 Å². The number of carbonyl (C=O) groups excluding carboxylic acids is 1. The molecule has 4 aromatic rings. The second-order valence-electron chi connectivity index (χ2n) is 9.22. The molecule has 1 amide bonds. The van der Waals surface area contributed by atoms with Gasteiger partial charge in [-0.05, 0) is 73.5 Å². The van der Waals surface area contributed by atoms with Crippen molar-refractivity contribution in [2.45, 2.75) is 30.8 Å². The van der Waals surface area contributed by atoms with Gasteiger partial charge in [0.05, 0.1) is 17.4 Å². The van der Waals surface area contributed by atoms with Gasteiger partial charge >= 0.3 is 0 Å². The van der Waals surface area contributed by atoms with E-state index in [1.807, 2.05) is 0 Å². The van der Waals surface area contributed by atoms with E-state index in [1.54, 1.807) is 24.3 Å². The van der Waals surface area contributed by atoms with Gasteiger partial charge in [-0.1, -0.05) is 12.5 Å². The van der Waals surface area contributed by atoms with Crippen LogP contribution in [0.2, 0.25) is 0 Å². The number of benzene rings is 2. The van der Waals surface area contributed by atoms with Crippen molar-refractivity contribution in [1.82, 2.24) is 20.1 Å². The first-order chi connectivity index (χ1) is 17.7. The van der Waals surface area contributed by atoms with Crippen molar-refractivity contribution in [2.75, 3.05) is 24.7 Å². The molecule has 1 aliphatic rings. The molecule has 192 valence electrons. The number of hydrogen-bond acceptors (Lipinski definition) is 6. The van der Waals surface area contributed by atoms with E-state index in [4.69, 9.17) is 0 Å². The van der Waals surface area contributed by atoms with Crippen molar-refractivity contribution in [3.63, 3.8) is 0 Å². The van der Waals surface area contributed by atoms with E-state index in [2.05, 4.69) is 25.4 Å². The molecule has 2 N–H and O–H groups in total. The smallest absolute Gasteiger partial charge is 0.276 e. The number of pyridine rings is 1. The molecular weight excluding hydrogens is 500 g/mol. The molecule has 3 heterocycles. The van der Waals surface area contributed by atoms with Crippen molar-refractivity contribution in [2.24, 2.45) is 0 Å². The fourth-order valence-electron chi connectivity index (χ4n) is 4.54. The van der Waals surface area contributed by atoms with Crippen molar-refractivity contribution < 1.29 is 22.0 Å². The highest BCUT2D eigenvalue weighted by molar-refractivity contribution is 7.90. The standard InChI is InChI=1S/C26H25F2N5O3S/c1-37(35,36)23-8-6-18(14-29-23)30-26(34)25-20-13-17(5-7-22(20)31-32-25)19-11-16(12-21(27)24(19)28)15-33-9-3-2-4-10-33/h5-8,11-14H,2-4,9-10,15H2,1H3,(H,30,34)(H,31,32). The highest BCUT2D eigenvalue weighted by Crippen LogP contribution is 2.30. The minimum Gasteiger partial charge on any atom is -0.319 e. The third-order valence-corrected chi connectivity index (χ3v) is 7.41. The predicted molar refractivity (Wildman–Crippen MR) is 136 cm³/mol. The van der Waals surface area contributed by atoms with Gasteiger partial charge < -0.3 is 5.32 Å². The Hall–Kier alpha value is -3.70. The molecule has 11 heteroatoms. The highest BCUT2D eigenvalue weighted by Gasteiger charge is 2.19. The van der Waals surface area contributed by atoms with Crippen LogP contribution in [0.25, 0.3) is 22.0 Å². The lowest BCUT2D eigenvalue weighted by Crippen LogP contribution is -2.29. The Bertz CT molecular complexity index is 1580. The summed E-state index contributed by atoms with van der Waals surface area (Å²) in [6.45, 7) is 2.40. The van der Waals surface area contributed by atoms with E-state index in [1.165, 1.54) is 30.8 Å². The lowest BCUT2D eigenvalue weighted by molar-refractivity contribution is 0.102. The number of anilines is 1. The number of piperidine rings is 1. The first-order valence-corrected chi connectivity index (χ1v) is 13.7. The summed E-state index contributed by atoms with van der Waals surface area (Å²) in [6, 6.07) is 10.5. The van der Waals surface area contributed by atoms with Crippen LogP contribution in [-0.2, 0) is 16.4 Å². The molecule has 8 nitrogen and oxygen atoms in total. The van der Waals surface area contributed by atoms with Crippen LogP contribution in [0.5, 0.6) is 0 Å². The Morgan fingerprint density at radius 2 is 1.86 bits per heavy atom. The molecule has 2 aromatic carbocycles. The monoisotopic (exact) mass is 525 g/mol. The second kappa shape index (κ2) is 9.98. The number of halogens is 2. The minimum atomic E-state index is -3.47. The number of rotatable bonds is 6. The predicted octanol–water partition coefficient (Wildman–Crippen LogP) is 4.54. The number of aromatic amines is 1. The number of amides is 1. The Morgan fingerprint density at radius 1 is 1.08 bits per heavy atom. The van der Waals surface area contributed by atoms with E-state index < -0.39 is 27.4 Å². The third kappa shape index (κ3) is 5.37. The van der Waals surface area contributed by atoms with E-state index in [0.29, 0.717) is 28.6 Å². The molecule has 0 bridgehead atoms. The lowest BCUT2D eigenvalue weighted by atomic mass is 9.99. The lowest BCUT2D eigenvalue weighted by Gasteiger charge is -2.26. The fourth-order valence-corrected chi connectivity index (χ4v) is 5.10. The van der Waals surface area contributed by atoms with Gasteiger partial charge in [0.1, 0.15) is 0 Å². The summed E-state index contributed by atoms with van der Waals surface area (Å²) in [5.41, 5.74) is 2.09. The van der Waals surface area contributed by atoms with Gasteiger partial charge in [0.2, 0.25) is 0 Å². The van der Waals surface area contributed by atoms with Gasteiger partial charge in [-0.2, -0.15) is 5.10 Å². The number of nitrogens with one attached hydrogen (secondary N) is 2. The zero-order valence-corrected chi connectivity index (χ0v) is 20.9. The average molecular weight is 526 g/mol. The van der Waals surface area contributed by atoms with Crippen molar-refractivity contribution in [3.8, 4) is 11.1 Å². The Balaban J connectivity index is 1.44. The van der Waals surface area contributed by atoms with Crippen LogP contribution >= 0.6 is 0 Å². The number of sulfone groups is 1. The topological polar surface area (TPSA) is 108 Å². The first-order valence-electron chi connectivity index (χ1n) is 11.9. The number of fused-ring (bicyclic) bond motifs is 1. The number of aromatic nitrogens is 3. The summed E-state index contributed by atoms with van der Waals surface area (Å²) in [6.07, 6.45) is 5.65. The van der Waals surface area contributed by atoms with Gasteiger partial charge in [-0.15, -0.1) is 0 Å². The van der Waals surface area contributed by atoms with E-state index in [0.717, 1.165) is 32.2 Å². The van der Waals surface area contributed by atoms with Crippen molar-refractivity contribution in [1.29, 1.82) is 0 Å². The highest BCUT2D eigenvalue weighted by atomic mass is 32.2. The fraction of sp³-hybridized carbons (Fsp3) is 0.269. The summed E-state index contributed by atoms with van der Waals surface area (Å²) in [7, 11) is -3.47. The van der Waals surface area contributed by atoms with Gasteiger partial charge in [-0.25, -0.2) is 22.2 Å². The molecule has 1 aliphatic heterocycles. The van der Waals surface area contributed by atoms with Gasteiger partial charge in [0.15, 0.2) is 32.2 Å². The third-order valence-electron chi connectivity index (χ3n) is 6.41. The van der Waals surface area contributed by atoms with Gasteiger partial charge in [0, 0.05) is 23.8 Å². The molecule has 1 fully saturated rings. The molecule has 0 atom stereocenters. The summed E-state index contributed by atoms with van der Waals surface area (Å²) in [4.78, 5) is 19.0. The molecule has 0 aliphatic carbocycles. The SMILES string of the molecule is CS(=O)(=O)c1ccc(NC(=O)c2n[nH]c3ccc(-c4cc(CN5CCCCC5)cc(F)c4F)cc23)cn1. The zero-order chi connectivity index (χ0) is 26.2. The molecule has 2 aromatic heterocycles. The van der Waals surface area contributed by atoms with Crippen molar-refractivity contribution >= 4 is 32.3 Å². The maximum absolute atomic E-state index is 14.9. The van der Waals surface area contributed by atoms with Crippen LogP contribution in [0, 0.1) is 11.6 Å². The van der Waals surface area contributed by atoms with Crippen LogP contribution in [0.1, 0.15) is 35.3 Å². The van der Waals surface area contributed by atoms with E-state index in [9.17, 15) is 22.0 Å². The average Bonchev–Trinajstić information content (AvgIpc) is 3.30. The zero-order valence-electron chi connectivity index (χ0n) is 20.1. The van der Waals surface area contributed by atoms with Crippen LogP contribution < -0.4 is 5.32 Å². The molecule has 0 radical (unpaired) electrons. The Kier molecular flexibility index (Phi) is 6.74. The largest absolute Gasteiger partial charge is 0.319 e. The van der Waals surface area contributed by atoms with Gasteiger partial charge in [-0.3, -0.25) is 14.8 Å². The maximum atomic E-state index is 14.9. The molecule has 0 spiro atoms. The molecular formula is C26H25F2N5O3S. The summed E-state index contributed by atoms with van der Waals surface area (Å²) in [5.74, 6) is -2.43. The molecule has 5 rings (SSSR count). The Morgan fingerprint density at radius 3 is 2.57 bits per heavy atom. The number of hydrogen-bond donors (Lipinski definition) is 2. The molecule has 37 heavy (non-hydrogen) atoms. The van der Waals surface area contributed by atoms with Gasteiger partial charge in [0.25, 0.3) is 5.91 Å². The number of likely N-dealkylation sites (tertiary alicyclic amines) is 1. The van der Waals surface area contributed by atoms with E-state index in [-0.39, 0.29) is 22.0 Å². The number of H-pyrrole nitrogens is 1. The van der Waals surface area contributed by atoms with Crippen LogP contribution in [0.3, 0.4) is 0 Å². The first kappa shape index (κ1) is 25.0. The van der Waals surface area contributed by atoms with Crippen LogP contribution in [0.4, 0.5) is 14.5 Å². The molecule has 0 saturated carbocycles. The second-order valence-corrected chi connectivity index (χ2v) is 11.2. The Labute approximate surface area is 212 Å². The number of nitrogens with zero attached hydrogens (tertiary/aromatic N) is 3.